The molecule has 2 fully saturated rings. The summed E-state index contributed by atoms with van der Waals surface area (Å²) in [5.41, 5.74) is 0.951. The Balaban J connectivity index is 1.52. The van der Waals surface area contributed by atoms with E-state index in [2.05, 4.69) is 75.1 Å². The predicted molar refractivity (Wildman–Crippen MR) is 95.2 cm³/mol. The molecule has 2 aliphatic rings. The van der Waals surface area contributed by atoms with E-state index in [-0.39, 0.29) is 18.3 Å². The molecule has 3 rings (SSSR count). The Bertz CT molecular complexity index is 532. The highest BCUT2D eigenvalue weighted by atomic mass is 16.7. The lowest BCUT2D eigenvalue weighted by Gasteiger charge is -2.32. The first kappa shape index (κ1) is 16.6. The maximum absolute atomic E-state index is 6.01. The number of rotatable bonds is 3. The molecule has 0 atom stereocenters. The van der Waals surface area contributed by atoms with Gasteiger partial charge in [0.2, 0.25) is 0 Å². The van der Waals surface area contributed by atoms with Crippen LogP contribution >= 0.6 is 0 Å². The molecule has 0 bridgehead atoms. The SMILES string of the molecule is CC1(C)OB(/C=C/N2CCC(c3ccccc3)CC2)OC1(C)C. The van der Waals surface area contributed by atoms with Crippen molar-refractivity contribution in [1.82, 2.24) is 4.90 Å². The maximum atomic E-state index is 6.01. The summed E-state index contributed by atoms with van der Waals surface area (Å²) in [6, 6.07) is 10.9. The van der Waals surface area contributed by atoms with Crippen LogP contribution in [0.3, 0.4) is 0 Å². The van der Waals surface area contributed by atoms with Crippen LogP contribution in [0.2, 0.25) is 0 Å². The fourth-order valence-electron chi connectivity index (χ4n) is 3.27. The molecule has 2 aliphatic heterocycles. The van der Waals surface area contributed by atoms with Crippen molar-refractivity contribution in [2.24, 2.45) is 0 Å². The Kier molecular flexibility index (Phi) is 4.57. The normalized spacial score (nSPS) is 24.5. The van der Waals surface area contributed by atoms with Crippen molar-refractivity contribution in [2.45, 2.75) is 57.7 Å². The van der Waals surface area contributed by atoms with Gasteiger partial charge in [-0.1, -0.05) is 30.3 Å². The third-order valence-electron chi connectivity index (χ3n) is 5.53. The highest BCUT2D eigenvalue weighted by Gasteiger charge is 2.50. The molecule has 0 aliphatic carbocycles. The van der Waals surface area contributed by atoms with Crippen molar-refractivity contribution >= 4 is 7.12 Å². The number of benzene rings is 1. The molecule has 0 aromatic heterocycles. The van der Waals surface area contributed by atoms with E-state index in [9.17, 15) is 0 Å². The lowest BCUT2D eigenvalue weighted by Crippen LogP contribution is -2.41. The van der Waals surface area contributed by atoms with Gasteiger partial charge < -0.3 is 14.2 Å². The van der Waals surface area contributed by atoms with Crippen LogP contribution in [0, 0.1) is 0 Å². The molecule has 1 aromatic carbocycles. The van der Waals surface area contributed by atoms with Crippen LogP contribution in [0.5, 0.6) is 0 Å². The minimum absolute atomic E-state index is 0.244. The van der Waals surface area contributed by atoms with E-state index >= 15 is 0 Å². The number of piperidine rings is 1. The maximum Gasteiger partial charge on any atom is 0.488 e. The van der Waals surface area contributed by atoms with Crippen LogP contribution < -0.4 is 0 Å². The summed E-state index contributed by atoms with van der Waals surface area (Å²) in [5.74, 6) is 2.75. The van der Waals surface area contributed by atoms with Gasteiger partial charge in [0.05, 0.1) is 11.2 Å². The van der Waals surface area contributed by atoms with Crippen molar-refractivity contribution < 1.29 is 9.31 Å². The monoisotopic (exact) mass is 313 g/mol. The number of nitrogens with zero attached hydrogens (tertiary/aromatic N) is 1. The van der Waals surface area contributed by atoms with Crippen molar-refractivity contribution in [1.29, 1.82) is 0 Å². The van der Waals surface area contributed by atoms with E-state index in [0.717, 1.165) is 13.1 Å². The highest BCUT2D eigenvalue weighted by molar-refractivity contribution is 6.51. The van der Waals surface area contributed by atoms with Crippen LogP contribution in [-0.2, 0) is 9.31 Å². The summed E-state index contributed by atoms with van der Waals surface area (Å²) >= 11 is 0. The first-order valence-corrected chi connectivity index (χ1v) is 8.70. The van der Waals surface area contributed by atoms with E-state index in [0.29, 0.717) is 5.92 Å². The van der Waals surface area contributed by atoms with E-state index in [1.54, 1.807) is 0 Å². The molecule has 4 heteroatoms. The topological polar surface area (TPSA) is 21.7 Å². The minimum atomic E-state index is -0.262. The predicted octanol–water partition coefficient (Wildman–Crippen LogP) is 4.01. The molecular weight excluding hydrogens is 285 g/mol. The van der Waals surface area contributed by atoms with Crippen LogP contribution in [0.25, 0.3) is 0 Å². The van der Waals surface area contributed by atoms with Gasteiger partial charge in [-0.25, -0.2) is 0 Å². The summed E-state index contributed by atoms with van der Waals surface area (Å²) < 4.78 is 12.0. The van der Waals surface area contributed by atoms with E-state index in [4.69, 9.17) is 9.31 Å². The molecular formula is C19H28BNO2. The molecule has 0 amide bonds. The Morgan fingerprint density at radius 1 is 1.00 bits per heavy atom. The molecule has 0 spiro atoms. The summed E-state index contributed by atoms with van der Waals surface area (Å²) in [5, 5.41) is 0. The summed E-state index contributed by atoms with van der Waals surface area (Å²) in [4.78, 5) is 2.38. The summed E-state index contributed by atoms with van der Waals surface area (Å²) in [7, 11) is -0.244. The van der Waals surface area contributed by atoms with Gasteiger partial charge in [0.1, 0.15) is 0 Å². The number of hydrogen-bond donors (Lipinski definition) is 0. The van der Waals surface area contributed by atoms with Gasteiger partial charge in [0, 0.05) is 13.1 Å². The minimum Gasteiger partial charge on any atom is -0.400 e. The molecule has 0 N–H and O–H groups in total. The van der Waals surface area contributed by atoms with E-state index in [1.807, 2.05) is 0 Å². The van der Waals surface area contributed by atoms with E-state index < -0.39 is 0 Å². The fourth-order valence-corrected chi connectivity index (χ4v) is 3.27. The molecule has 2 saturated heterocycles. The molecule has 0 saturated carbocycles. The van der Waals surface area contributed by atoms with Gasteiger partial charge in [-0.15, -0.1) is 0 Å². The van der Waals surface area contributed by atoms with E-state index in [1.165, 1.54) is 18.4 Å². The average molecular weight is 313 g/mol. The standard InChI is InChI=1S/C19H28BNO2/c1-18(2)19(3,4)23-20(22-18)12-15-21-13-10-17(11-14-21)16-8-6-5-7-9-16/h5-9,12,15,17H,10-11,13-14H2,1-4H3/b15-12+. The molecule has 0 radical (unpaired) electrons. The van der Waals surface area contributed by atoms with Gasteiger partial charge >= 0.3 is 7.12 Å². The Labute approximate surface area is 140 Å². The highest BCUT2D eigenvalue weighted by Crippen LogP contribution is 2.37. The van der Waals surface area contributed by atoms with Crippen LogP contribution in [0.4, 0.5) is 0 Å². The van der Waals surface area contributed by atoms with Gasteiger partial charge in [0.25, 0.3) is 0 Å². The summed E-state index contributed by atoms with van der Waals surface area (Å²) in [6.45, 7) is 10.5. The molecule has 3 nitrogen and oxygen atoms in total. The largest absolute Gasteiger partial charge is 0.488 e. The zero-order chi connectivity index (χ0) is 16.5. The molecule has 23 heavy (non-hydrogen) atoms. The Morgan fingerprint density at radius 2 is 1.57 bits per heavy atom. The van der Waals surface area contributed by atoms with Gasteiger partial charge in [0.15, 0.2) is 0 Å². The average Bonchev–Trinajstić information content (AvgIpc) is 2.74. The smallest absolute Gasteiger partial charge is 0.400 e. The van der Waals surface area contributed by atoms with Crippen molar-refractivity contribution in [3.8, 4) is 0 Å². The lowest BCUT2D eigenvalue weighted by molar-refractivity contribution is 0.00578. The quantitative estimate of drug-likeness (QED) is 0.787. The third-order valence-corrected chi connectivity index (χ3v) is 5.53. The fraction of sp³-hybridized carbons (Fsp3) is 0.579. The number of hydrogen-bond acceptors (Lipinski definition) is 3. The van der Waals surface area contributed by atoms with Crippen molar-refractivity contribution in [3.63, 3.8) is 0 Å². The van der Waals surface area contributed by atoms with Gasteiger partial charge in [-0.05, 0) is 64.2 Å². The van der Waals surface area contributed by atoms with Crippen LogP contribution in [0.15, 0.2) is 42.5 Å². The van der Waals surface area contributed by atoms with Gasteiger partial charge in [-0.3, -0.25) is 0 Å². The Hall–Kier alpha value is -1.26. The summed E-state index contributed by atoms with van der Waals surface area (Å²) in [6.07, 6.45) is 4.57. The van der Waals surface area contributed by atoms with Crippen LogP contribution in [0.1, 0.15) is 52.0 Å². The van der Waals surface area contributed by atoms with Crippen molar-refractivity contribution in [2.75, 3.05) is 13.1 Å². The molecule has 0 unspecified atom stereocenters. The zero-order valence-electron chi connectivity index (χ0n) is 14.8. The van der Waals surface area contributed by atoms with Gasteiger partial charge in [-0.2, -0.15) is 0 Å². The second kappa shape index (κ2) is 6.33. The Morgan fingerprint density at radius 3 is 2.13 bits per heavy atom. The van der Waals surface area contributed by atoms with Crippen molar-refractivity contribution in [3.05, 3.63) is 48.1 Å². The molecule has 1 aromatic rings. The second-order valence-electron chi connectivity index (χ2n) is 7.69. The first-order valence-electron chi connectivity index (χ1n) is 8.70. The lowest BCUT2D eigenvalue weighted by atomic mass is 9.88. The molecule has 2 heterocycles. The zero-order valence-corrected chi connectivity index (χ0v) is 14.8. The third kappa shape index (κ3) is 3.64. The number of likely N-dealkylation sites (tertiary alicyclic amines) is 1. The molecule has 124 valence electrons. The first-order chi connectivity index (χ1) is 10.9. The van der Waals surface area contributed by atoms with Crippen LogP contribution in [-0.4, -0.2) is 36.3 Å². The second-order valence-corrected chi connectivity index (χ2v) is 7.69.